The van der Waals surface area contributed by atoms with Crippen LogP contribution in [0, 0.1) is 0 Å². The van der Waals surface area contributed by atoms with Crippen molar-refractivity contribution >= 4 is 31.3 Å². The molecule has 1 aromatic rings. The number of hydrogen-bond acceptors (Lipinski definition) is 3. The number of epoxide rings is 1. The van der Waals surface area contributed by atoms with Crippen molar-refractivity contribution in [3.05, 3.63) is 28.5 Å². The molecule has 1 aliphatic heterocycles. The van der Waals surface area contributed by atoms with E-state index in [4.69, 9.17) is 4.74 Å². The van der Waals surface area contributed by atoms with Crippen LogP contribution in [0.25, 0.3) is 6.08 Å². The molecule has 0 radical (unpaired) electrons. The minimum absolute atomic E-state index is 0.0934. The molecule has 1 unspecified atom stereocenters. The molecule has 1 saturated heterocycles. The summed E-state index contributed by atoms with van der Waals surface area (Å²) in [7, 11) is -1.41. The Morgan fingerprint density at radius 2 is 2.29 bits per heavy atom. The van der Waals surface area contributed by atoms with Gasteiger partial charge in [0, 0.05) is 11.3 Å². The van der Waals surface area contributed by atoms with Crippen LogP contribution in [-0.2, 0) is 9.53 Å². The van der Waals surface area contributed by atoms with E-state index in [1.165, 1.54) is 0 Å². The standard InChI is InChI=1S/C13H18O2SSi/c1-17(2,3)13(10-15-13)9-11(14)6-7-12-5-4-8-16-12/h4-8H,9-10H2,1-3H3/b7-6+. The monoisotopic (exact) mass is 266 g/mol. The first kappa shape index (κ1) is 12.7. The van der Waals surface area contributed by atoms with Gasteiger partial charge >= 0.3 is 0 Å². The topological polar surface area (TPSA) is 29.6 Å². The molecule has 0 amide bonds. The van der Waals surface area contributed by atoms with E-state index in [-0.39, 0.29) is 11.0 Å². The number of carbonyl (C=O) groups excluding carboxylic acids is 1. The average Bonchev–Trinajstić information content (AvgIpc) is 2.84. The summed E-state index contributed by atoms with van der Waals surface area (Å²) < 4.78 is 5.58. The lowest BCUT2D eigenvalue weighted by Crippen LogP contribution is -2.43. The van der Waals surface area contributed by atoms with Gasteiger partial charge < -0.3 is 4.74 Å². The Balaban J connectivity index is 1.95. The van der Waals surface area contributed by atoms with Crippen molar-refractivity contribution in [2.24, 2.45) is 0 Å². The van der Waals surface area contributed by atoms with Gasteiger partial charge in [-0.25, -0.2) is 0 Å². The molecule has 1 aromatic heterocycles. The van der Waals surface area contributed by atoms with E-state index < -0.39 is 8.07 Å². The average molecular weight is 266 g/mol. The van der Waals surface area contributed by atoms with Crippen molar-refractivity contribution in [2.75, 3.05) is 6.61 Å². The van der Waals surface area contributed by atoms with Crippen LogP contribution >= 0.6 is 11.3 Å². The fourth-order valence-corrected chi connectivity index (χ4v) is 4.05. The number of hydrogen-bond donors (Lipinski definition) is 0. The van der Waals surface area contributed by atoms with Crippen LogP contribution in [0.1, 0.15) is 11.3 Å². The Kier molecular flexibility index (Phi) is 3.38. The fourth-order valence-electron chi connectivity index (χ4n) is 1.79. The van der Waals surface area contributed by atoms with Gasteiger partial charge in [0.15, 0.2) is 5.78 Å². The summed E-state index contributed by atoms with van der Waals surface area (Å²) in [6.07, 6.45) is 4.13. The molecule has 1 aliphatic rings. The van der Waals surface area contributed by atoms with E-state index in [1.807, 2.05) is 23.6 Å². The largest absolute Gasteiger partial charge is 0.373 e. The summed E-state index contributed by atoms with van der Waals surface area (Å²) >= 11 is 1.64. The van der Waals surface area contributed by atoms with Crippen molar-refractivity contribution in [3.63, 3.8) is 0 Å². The summed E-state index contributed by atoms with van der Waals surface area (Å²) in [4.78, 5) is 13.0. The van der Waals surface area contributed by atoms with Crippen LogP contribution in [0.15, 0.2) is 23.6 Å². The normalized spacial score (nSPS) is 24.2. The molecule has 0 N–H and O–H groups in total. The van der Waals surface area contributed by atoms with Crippen LogP contribution < -0.4 is 0 Å². The zero-order chi connectivity index (χ0) is 12.5. The van der Waals surface area contributed by atoms with Gasteiger partial charge in [0.05, 0.1) is 19.9 Å². The molecular formula is C13H18O2SSi. The van der Waals surface area contributed by atoms with E-state index in [0.29, 0.717) is 6.42 Å². The van der Waals surface area contributed by atoms with E-state index in [9.17, 15) is 4.79 Å². The third kappa shape index (κ3) is 2.94. The second kappa shape index (κ2) is 4.52. The molecule has 0 saturated carbocycles. The third-order valence-electron chi connectivity index (χ3n) is 3.30. The van der Waals surface area contributed by atoms with E-state index >= 15 is 0 Å². The maximum absolute atomic E-state index is 11.9. The predicted octanol–water partition coefficient (Wildman–Crippen LogP) is 3.37. The molecule has 1 atom stereocenters. The molecule has 2 heterocycles. The van der Waals surface area contributed by atoms with Crippen molar-refractivity contribution in [3.8, 4) is 0 Å². The molecule has 0 aliphatic carbocycles. The smallest absolute Gasteiger partial charge is 0.158 e. The maximum Gasteiger partial charge on any atom is 0.158 e. The zero-order valence-corrected chi connectivity index (χ0v) is 12.3. The Morgan fingerprint density at radius 1 is 1.59 bits per heavy atom. The molecule has 2 rings (SSSR count). The lowest BCUT2D eigenvalue weighted by atomic mass is 10.2. The Morgan fingerprint density at radius 3 is 2.76 bits per heavy atom. The van der Waals surface area contributed by atoms with Crippen LogP contribution in [0.5, 0.6) is 0 Å². The number of ether oxygens (including phenoxy) is 1. The maximum atomic E-state index is 11.9. The molecule has 92 valence electrons. The zero-order valence-electron chi connectivity index (χ0n) is 10.5. The van der Waals surface area contributed by atoms with Gasteiger partial charge in [-0.05, 0) is 23.6 Å². The highest BCUT2D eigenvalue weighted by Gasteiger charge is 2.55. The SMILES string of the molecule is C[Si](C)(C)C1(CC(=O)/C=C/c2cccs2)CO1. The van der Waals surface area contributed by atoms with Gasteiger partial charge in [0.25, 0.3) is 0 Å². The number of allylic oxidation sites excluding steroid dienone is 1. The van der Waals surface area contributed by atoms with Gasteiger partial charge in [-0.1, -0.05) is 25.7 Å². The van der Waals surface area contributed by atoms with Crippen molar-refractivity contribution in [1.82, 2.24) is 0 Å². The number of carbonyl (C=O) groups is 1. The Labute approximate surface area is 107 Å². The minimum atomic E-state index is -1.41. The third-order valence-corrected chi connectivity index (χ3v) is 7.33. The highest BCUT2D eigenvalue weighted by molar-refractivity contribution is 7.10. The summed E-state index contributed by atoms with van der Waals surface area (Å²) in [5.41, 5.74) is 0. The quantitative estimate of drug-likeness (QED) is 0.464. The first-order valence-electron chi connectivity index (χ1n) is 5.81. The van der Waals surface area contributed by atoms with Gasteiger partial charge in [-0.3, -0.25) is 4.79 Å². The summed E-state index contributed by atoms with van der Waals surface area (Å²) in [5.74, 6) is 0.179. The highest BCUT2D eigenvalue weighted by atomic mass is 32.1. The molecular weight excluding hydrogens is 248 g/mol. The molecule has 4 heteroatoms. The second-order valence-electron chi connectivity index (χ2n) is 5.52. The van der Waals surface area contributed by atoms with E-state index in [2.05, 4.69) is 19.6 Å². The number of ketones is 1. The first-order chi connectivity index (χ1) is 7.93. The molecule has 0 aromatic carbocycles. The highest BCUT2D eigenvalue weighted by Crippen LogP contribution is 2.40. The number of rotatable bonds is 5. The van der Waals surface area contributed by atoms with Gasteiger partial charge in [-0.15, -0.1) is 11.3 Å². The van der Waals surface area contributed by atoms with Crippen LogP contribution in [0.4, 0.5) is 0 Å². The van der Waals surface area contributed by atoms with Crippen LogP contribution in [0.2, 0.25) is 19.6 Å². The second-order valence-corrected chi connectivity index (χ2v) is 11.9. The Hall–Kier alpha value is -0.713. The molecule has 2 nitrogen and oxygen atoms in total. The summed E-state index contributed by atoms with van der Waals surface area (Å²) in [5, 5.41) is 1.92. The van der Waals surface area contributed by atoms with Crippen molar-refractivity contribution in [1.29, 1.82) is 0 Å². The van der Waals surface area contributed by atoms with E-state index in [0.717, 1.165) is 11.5 Å². The van der Waals surface area contributed by atoms with Gasteiger partial charge in [0.2, 0.25) is 0 Å². The first-order valence-corrected chi connectivity index (χ1v) is 10.2. The lowest BCUT2D eigenvalue weighted by Gasteiger charge is -2.24. The van der Waals surface area contributed by atoms with Crippen molar-refractivity contribution in [2.45, 2.75) is 31.3 Å². The predicted molar refractivity (Wildman–Crippen MR) is 75.0 cm³/mol. The lowest BCUT2D eigenvalue weighted by molar-refractivity contribution is -0.115. The molecule has 0 bridgehead atoms. The van der Waals surface area contributed by atoms with Crippen LogP contribution in [-0.4, -0.2) is 25.7 Å². The van der Waals surface area contributed by atoms with Gasteiger partial charge in [0.1, 0.15) is 0 Å². The molecule has 0 spiro atoms. The Bertz CT molecular complexity index is 425. The molecule has 17 heavy (non-hydrogen) atoms. The van der Waals surface area contributed by atoms with E-state index in [1.54, 1.807) is 17.4 Å². The molecule has 1 fully saturated rings. The number of thiophene rings is 1. The minimum Gasteiger partial charge on any atom is -0.373 e. The fraction of sp³-hybridized carbons (Fsp3) is 0.462. The van der Waals surface area contributed by atoms with Gasteiger partial charge in [-0.2, -0.15) is 0 Å². The summed E-state index contributed by atoms with van der Waals surface area (Å²) in [6, 6.07) is 4.00. The van der Waals surface area contributed by atoms with Crippen molar-refractivity contribution < 1.29 is 9.53 Å². The van der Waals surface area contributed by atoms with Crippen LogP contribution in [0.3, 0.4) is 0 Å². The summed E-state index contributed by atoms with van der Waals surface area (Å²) in [6.45, 7) is 7.55.